The van der Waals surface area contributed by atoms with Crippen LogP contribution in [0.25, 0.3) is 27.9 Å². The minimum absolute atomic E-state index is 0.188. The number of aromatic nitrogens is 4. The number of aromatic amines is 1. The molecule has 1 aromatic carbocycles. The molecule has 3 aromatic heterocycles. The zero-order valence-corrected chi connectivity index (χ0v) is 20.1. The number of ether oxygens (including phenoxy) is 1. The number of benzene rings is 1. The van der Waals surface area contributed by atoms with Gasteiger partial charge in [-0.2, -0.15) is 0 Å². The second-order valence-electron chi connectivity index (χ2n) is 8.55. The van der Waals surface area contributed by atoms with Gasteiger partial charge in [-0.1, -0.05) is 35.9 Å². The van der Waals surface area contributed by atoms with Gasteiger partial charge in [-0.25, -0.2) is 4.98 Å². The predicted molar refractivity (Wildman–Crippen MR) is 136 cm³/mol. The van der Waals surface area contributed by atoms with Crippen molar-refractivity contribution in [3.8, 4) is 17.1 Å². The van der Waals surface area contributed by atoms with Crippen LogP contribution in [0, 0.1) is 0 Å². The number of likely N-dealkylation sites (tertiary alicyclic amines) is 1. The molecular weight excluding hydrogens is 472 g/mol. The first-order valence-electron chi connectivity index (χ1n) is 11.7. The van der Waals surface area contributed by atoms with Crippen LogP contribution < -0.4 is 10.5 Å². The Hall–Kier alpha value is -4.86. The highest BCUT2D eigenvalue weighted by molar-refractivity contribution is 6.45. The van der Waals surface area contributed by atoms with Gasteiger partial charge in [0.05, 0.1) is 36.0 Å². The molecular formula is C27H24N6O4. The second-order valence-corrected chi connectivity index (χ2v) is 8.55. The van der Waals surface area contributed by atoms with E-state index in [1.165, 1.54) is 24.4 Å². The van der Waals surface area contributed by atoms with Gasteiger partial charge in [0.2, 0.25) is 5.91 Å². The van der Waals surface area contributed by atoms with E-state index in [1.807, 2.05) is 30.3 Å². The number of pyridine rings is 1. The zero-order chi connectivity index (χ0) is 25.9. The largest absolute Gasteiger partial charge is 0.494 e. The van der Waals surface area contributed by atoms with E-state index in [0.29, 0.717) is 59.5 Å². The Morgan fingerprint density at radius 3 is 2.43 bits per heavy atom. The molecule has 186 valence electrons. The number of nitrogens with two attached hydrogens (primary N) is 1. The number of rotatable bonds is 6. The van der Waals surface area contributed by atoms with Crippen molar-refractivity contribution >= 4 is 34.1 Å². The van der Waals surface area contributed by atoms with E-state index in [0.717, 1.165) is 11.1 Å². The van der Waals surface area contributed by atoms with E-state index < -0.39 is 17.6 Å². The van der Waals surface area contributed by atoms with Crippen molar-refractivity contribution in [2.24, 2.45) is 5.73 Å². The number of H-pyrrole nitrogens is 1. The number of hydrogen-bond donors (Lipinski definition) is 2. The summed E-state index contributed by atoms with van der Waals surface area (Å²) in [5.74, 6) is -1.43. The molecule has 0 bridgehead atoms. The quantitative estimate of drug-likeness (QED) is 0.237. The molecule has 10 heteroatoms. The summed E-state index contributed by atoms with van der Waals surface area (Å²) in [6, 6.07) is 9.23. The molecule has 0 spiro atoms. The zero-order valence-electron chi connectivity index (χ0n) is 20.1. The van der Waals surface area contributed by atoms with Crippen molar-refractivity contribution in [2.75, 3.05) is 20.2 Å². The van der Waals surface area contributed by atoms with Crippen LogP contribution in [0.3, 0.4) is 0 Å². The van der Waals surface area contributed by atoms with Crippen LogP contribution in [0.5, 0.6) is 5.75 Å². The van der Waals surface area contributed by atoms with Crippen molar-refractivity contribution < 1.29 is 19.1 Å². The Morgan fingerprint density at radius 1 is 1.03 bits per heavy atom. The van der Waals surface area contributed by atoms with Gasteiger partial charge in [0, 0.05) is 37.3 Å². The van der Waals surface area contributed by atoms with Gasteiger partial charge in [0.15, 0.2) is 0 Å². The fourth-order valence-electron chi connectivity index (χ4n) is 4.68. The lowest BCUT2D eigenvalue weighted by atomic mass is 9.92. The van der Waals surface area contributed by atoms with Crippen LogP contribution in [0.2, 0.25) is 0 Å². The summed E-state index contributed by atoms with van der Waals surface area (Å²) in [7, 11) is 1.48. The fraction of sp³-hybridized carbons (Fsp3) is 0.185. The smallest absolute Gasteiger partial charge is 0.295 e. The van der Waals surface area contributed by atoms with Gasteiger partial charge in [-0.15, -0.1) is 0 Å². The number of fused-ring (bicyclic) bond motifs is 1. The van der Waals surface area contributed by atoms with E-state index in [4.69, 9.17) is 10.5 Å². The van der Waals surface area contributed by atoms with Crippen molar-refractivity contribution in [3.63, 3.8) is 0 Å². The average Bonchev–Trinajstić information content (AvgIpc) is 3.38. The molecule has 3 N–H and O–H groups in total. The third kappa shape index (κ3) is 4.44. The fourth-order valence-corrected chi connectivity index (χ4v) is 4.68. The maximum absolute atomic E-state index is 13.4. The van der Waals surface area contributed by atoms with Crippen LogP contribution in [0.1, 0.15) is 28.8 Å². The van der Waals surface area contributed by atoms with Gasteiger partial charge in [-0.05, 0) is 18.4 Å². The van der Waals surface area contributed by atoms with Crippen LogP contribution in [-0.2, 0) is 9.59 Å². The molecule has 2 amide bonds. The van der Waals surface area contributed by atoms with Crippen LogP contribution in [0.15, 0.2) is 66.9 Å². The van der Waals surface area contributed by atoms with Crippen LogP contribution in [-0.4, -0.2) is 62.6 Å². The second kappa shape index (κ2) is 10.0. The van der Waals surface area contributed by atoms with Gasteiger partial charge in [0.25, 0.3) is 11.7 Å². The van der Waals surface area contributed by atoms with Gasteiger partial charge in [0.1, 0.15) is 17.1 Å². The molecule has 4 heterocycles. The molecule has 5 rings (SSSR count). The summed E-state index contributed by atoms with van der Waals surface area (Å²) in [4.78, 5) is 56.2. The number of hydrogen-bond acceptors (Lipinski definition) is 7. The molecule has 10 nitrogen and oxygen atoms in total. The SMILES string of the molecule is COc1cnc(-c2cnccn2)c2[nH]cc(C(=O)C(=O)N3CCC(=C(C(N)=O)c4ccccc4)CC3)c12. The minimum Gasteiger partial charge on any atom is -0.494 e. The molecule has 0 unspecified atom stereocenters. The number of primary amides is 1. The molecule has 1 aliphatic rings. The molecule has 1 fully saturated rings. The molecule has 37 heavy (non-hydrogen) atoms. The summed E-state index contributed by atoms with van der Waals surface area (Å²) < 4.78 is 5.45. The van der Waals surface area contributed by atoms with E-state index in [-0.39, 0.29) is 5.56 Å². The summed E-state index contributed by atoms with van der Waals surface area (Å²) in [6.45, 7) is 0.602. The number of methoxy groups -OCH3 is 1. The number of carbonyl (C=O) groups is 3. The maximum atomic E-state index is 13.4. The van der Waals surface area contributed by atoms with E-state index in [9.17, 15) is 14.4 Å². The van der Waals surface area contributed by atoms with Crippen molar-refractivity contribution in [1.29, 1.82) is 0 Å². The normalized spacial score (nSPS) is 13.4. The third-order valence-electron chi connectivity index (χ3n) is 6.46. The predicted octanol–water partition coefficient (Wildman–Crippen LogP) is 2.77. The molecule has 1 aliphatic heterocycles. The molecule has 0 aliphatic carbocycles. The highest BCUT2D eigenvalue weighted by Gasteiger charge is 2.30. The summed E-state index contributed by atoms with van der Waals surface area (Å²) >= 11 is 0. The number of piperidine rings is 1. The molecule has 0 saturated carbocycles. The number of Topliss-reactive ketones (excluding diaryl/α,β-unsaturated/α-hetero) is 1. The van der Waals surface area contributed by atoms with E-state index >= 15 is 0 Å². The number of amides is 2. The van der Waals surface area contributed by atoms with E-state index in [1.54, 1.807) is 18.6 Å². The monoisotopic (exact) mass is 496 g/mol. The molecule has 0 atom stereocenters. The van der Waals surface area contributed by atoms with E-state index in [2.05, 4.69) is 19.9 Å². The molecule has 4 aromatic rings. The lowest BCUT2D eigenvalue weighted by Crippen LogP contribution is -2.41. The first-order valence-corrected chi connectivity index (χ1v) is 11.7. The standard InChI is InChI=1S/C27H24N6O4/c1-37-20-15-32-23(19-14-29-9-10-30-19)24-22(20)18(13-31-24)25(34)27(36)33-11-7-17(8-12-33)21(26(28)35)16-5-3-2-4-6-16/h2-6,9-10,13-15,31H,7-8,11-12H2,1H3,(H2,28,35). The Kier molecular flexibility index (Phi) is 6.46. The Morgan fingerprint density at radius 2 is 1.78 bits per heavy atom. The average molecular weight is 497 g/mol. The number of ketones is 1. The Balaban J connectivity index is 1.42. The van der Waals surface area contributed by atoms with Crippen molar-refractivity contribution in [2.45, 2.75) is 12.8 Å². The Labute approximate surface area is 212 Å². The summed E-state index contributed by atoms with van der Waals surface area (Å²) in [5.41, 5.74) is 9.50. The first kappa shape index (κ1) is 23.9. The highest BCUT2D eigenvalue weighted by Crippen LogP contribution is 2.34. The number of nitrogens with zero attached hydrogens (tertiary/aromatic N) is 4. The lowest BCUT2D eigenvalue weighted by Gasteiger charge is -2.29. The van der Waals surface area contributed by atoms with Gasteiger partial charge in [-0.3, -0.25) is 24.4 Å². The first-order chi connectivity index (χ1) is 18.0. The third-order valence-corrected chi connectivity index (χ3v) is 6.46. The maximum Gasteiger partial charge on any atom is 0.295 e. The summed E-state index contributed by atoms with van der Waals surface area (Å²) in [6.07, 6.45) is 8.55. The topological polar surface area (TPSA) is 144 Å². The van der Waals surface area contributed by atoms with Crippen molar-refractivity contribution in [1.82, 2.24) is 24.8 Å². The highest BCUT2D eigenvalue weighted by atomic mass is 16.5. The Bertz CT molecular complexity index is 1520. The number of carbonyl (C=O) groups excluding carboxylic acids is 3. The van der Waals surface area contributed by atoms with Gasteiger partial charge < -0.3 is 20.4 Å². The van der Waals surface area contributed by atoms with Gasteiger partial charge >= 0.3 is 0 Å². The van der Waals surface area contributed by atoms with Crippen LogP contribution >= 0.6 is 0 Å². The molecule has 0 radical (unpaired) electrons. The van der Waals surface area contributed by atoms with Crippen molar-refractivity contribution in [3.05, 3.63) is 78.0 Å². The minimum atomic E-state index is -0.661. The summed E-state index contributed by atoms with van der Waals surface area (Å²) in [5, 5.41) is 0.453. The molecule has 1 saturated heterocycles. The lowest BCUT2D eigenvalue weighted by molar-refractivity contribution is -0.126. The number of nitrogens with one attached hydrogen (secondary N) is 1. The van der Waals surface area contributed by atoms with Crippen LogP contribution in [0.4, 0.5) is 0 Å².